The number of hydrogen-bond donors (Lipinski definition) is 1. The van der Waals surface area contributed by atoms with Crippen molar-refractivity contribution < 1.29 is 9.90 Å². The van der Waals surface area contributed by atoms with Gasteiger partial charge in [-0.25, -0.2) is 0 Å². The van der Waals surface area contributed by atoms with Gasteiger partial charge in [-0.2, -0.15) is 0 Å². The van der Waals surface area contributed by atoms with E-state index in [1.807, 2.05) is 12.1 Å². The fraction of sp³-hybridized carbons (Fsp3) is 0.273. The quantitative estimate of drug-likeness (QED) is 0.359. The van der Waals surface area contributed by atoms with E-state index in [1.54, 1.807) is 18.2 Å². The third-order valence-corrected chi connectivity index (χ3v) is 16.5. The number of benzene rings is 1. The van der Waals surface area contributed by atoms with Gasteiger partial charge in [-0.1, -0.05) is 0 Å². The number of phenols is 1. The van der Waals surface area contributed by atoms with E-state index in [9.17, 15) is 9.90 Å². The summed E-state index contributed by atoms with van der Waals surface area (Å²) < 4.78 is 3.28. The van der Waals surface area contributed by atoms with Gasteiger partial charge in [-0.05, 0) is 0 Å². The zero-order chi connectivity index (χ0) is 21.1. The van der Waals surface area contributed by atoms with Crippen LogP contribution in [0.25, 0.3) is 10.0 Å². The van der Waals surface area contributed by atoms with Gasteiger partial charge in [-0.15, -0.1) is 0 Å². The molecule has 4 rings (SSSR count). The number of ketones is 1. The first-order chi connectivity index (χ1) is 13.7. The number of fused-ring (bicyclic) bond motifs is 2. The van der Waals surface area contributed by atoms with E-state index < -0.39 is 8.07 Å². The second-order valence-electron chi connectivity index (χ2n) is 8.05. The summed E-state index contributed by atoms with van der Waals surface area (Å²) in [7, 11) is -2.44. The maximum atomic E-state index is 12.4. The Morgan fingerprint density at radius 3 is 2.38 bits per heavy atom. The molecule has 0 radical (unpaired) electrons. The molecule has 29 heavy (non-hydrogen) atoms. The van der Waals surface area contributed by atoms with E-state index in [4.69, 9.17) is 4.99 Å². The molecular weight excluding hydrogens is 577 g/mol. The SMILES string of the molecule is CC(C)[Si]1(C(C)C)C2=CC(=O)C=CC2=Nc2ccc(O)c(-c3[se]c(Br)cc3Br)c21. The molecule has 1 aromatic heterocycles. The first kappa shape index (κ1) is 21.3. The predicted octanol–water partition coefficient (Wildman–Crippen LogP) is 5.81. The third kappa shape index (κ3) is 3.17. The number of allylic oxidation sites excluding steroid dienone is 4. The molecule has 0 bridgehead atoms. The molecule has 1 aromatic carbocycles. The number of carbonyl (C=O) groups is 1. The molecule has 3 nitrogen and oxygen atoms in total. The van der Waals surface area contributed by atoms with Crippen LogP contribution in [0.5, 0.6) is 5.75 Å². The van der Waals surface area contributed by atoms with E-state index in [2.05, 4.69) is 65.6 Å². The van der Waals surface area contributed by atoms with Crippen molar-refractivity contribution in [2.75, 3.05) is 0 Å². The van der Waals surface area contributed by atoms with Crippen molar-refractivity contribution in [1.82, 2.24) is 0 Å². The monoisotopic (exact) mass is 597 g/mol. The van der Waals surface area contributed by atoms with Crippen molar-refractivity contribution in [1.29, 1.82) is 0 Å². The first-order valence-corrected chi connectivity index (χ1v) is 15.0. The van der Waals surface area contributed by atoms with Gasteiger partial charge in [0.2, 0.25) is 0 Å². The van der Waals surface area contributed by atoms with Crippen LogP contribution in [0.15, 0.2) is 54.4 Å². The van der Waals surface area contributed by atoms with Gasteiger partial charge in [0.05, 0.1) is 0 Å². The van der Waals surface area contributed by atoms with Crippen LogP contribution in [0.1, 0.15) is 27.7 Å². The molecule has 150 valence electrons. The Bertz CT molecular complexity index is 1120. The molecule has 1 aliphatic heterocycles. The third-order valence-electron chi connectivity index (χ3n) is 5.93. The van der Waals surface area contributed by atoms with Crippen LogP contribution >= 0.6 is 31.9 Å². The van der Waals surface area contributed by atoms with E-state index >= 15 is 0 Å². The predicted molar refractivity (Wildman–Crippen MR) is 131 cm³/mol. The molecule has 2 aliphatic rings. The topological polar surface area (TPSA) is 49.7 Å². The number of carbonyl (C=O) groups excluding carboxylic acids is 1. The van der Waals surface area contributed by atoms with Crippen molar-refractivity contribution in [3.63, 3.8) is 0 Å². The number of rotatable bonds is 3. The molecule has 1 N–H and O–H groups in total. The van der Waals surface area contributed by atoms with Gasteiger partial charge in [0.25, 0.3) is 0 Å². The van der Waals surface area contributed by atoms with E-state index in [0.717, 1.165) is 34.4 Å². The summed E-state index contributed by atoms with van der Waals surface area (Å²) in [6.07, 6.45) is 5.28. The Hall–Kier alpha value is -0.984. The van der Waals surface area contributed by atoms with Crippen molar-refractivity contribution in [3.05, 3.63) is 49.4 Å². The maximum absolute atomic E-state index is 12.4. The van der Waals surface area contributed by atoms with Gasteiger partial charge >= 0.3 is 196 Å². The van der Waals surface area contributed by atoms with Crippen LogP contribution in [0.4, 0.5) is 5.69 Å². The molecule has 0 unspecified atom stereocenters. The molecule has 2 aromatic rings. The second kappa shape index (κ2) is 7.61. The Labute approximate surface area is 194 Å². The van der Waals surface area contributed by atoms with Crippen LogP contribution in [0.3, 0.4) is 0 Å². The Morgan fingerprint density at radius 2 is 1.79 bits per heavy atom. The molecule has 2 heterocycles. The number of nitrogens with zero attached hydrogens (tertiary/aromatic N) is 1. The average molecular weight is 598 g/mol. The number of aromatic hydroxyl groups is 1. The molecule has 0 amide bonds. The van der Waals surface area contributed by atoms with E-state index in [1.165, 1.54) is 5.19 Å². The van der Waals surface area contributed by atoms with Gasteiger partial charge < -0.3 is 0 Å². The summed E-state index contributed by atoms with van der Waals surface area (Å²) >= 11 is 7.42. The number of halogens is 2. The van der Waals surface area contributed by atoms with Gasteiger partial charge in [0, 0.05) is 0 Å². The number of phenolic OH excluding ortho intramolecular Hbond substituents is 1. The van der Waals surface area contributed by atoms with Crippen LogP contribution in [-0.4, -0.2) is 39.2 Å². The number of aliphatic imine (C=N–C) groups is 1. The fourth-order valence-corrected chi connectivity index (χ4v) is 15.6. The summed E-state index contributed by atoms with van der Waals surface area (Å²) in [5.41, 5.74) is 3.43. The van der Waals surface area contributed by atoms with Crippen molar-refractivity contribution in [3.8, 4) is 15.8 Å². The molecule has 1 aliphatic carbocycles. The molecule has 0 saturated heterocycles. The molecule has 0 saturated carbocycles. The summed E-state index contributed by atoms with van der Waals surface area (Å²) in [5, 5.41) is 13.3. The van der Waals surface area contributed by atoms with E-state index in [0.29, 0.717) is 16.8 Å². The summed E-state index contributed by atoms with van der Waals surface area (Å²) in [6, 6.07) is 5.78. The van der Waals surface area contributed by atoms with Crippen LogP contribution in [-0.2, 0) is 4.79 Å². The minimum absolute atomic E-state index is 0.0252. The zero-order valence-corrected chi connectivity index (χ0v) is 22.5. The van der Waals surface area contributed by atoms with Crippen LogP contribution < -0.4 is 5.19 Å². The Kier molecular flexibility index (Phi) is 5.58. The van der Waals surface area contributed by atoms with Gasteiger partial charge in [0.1, 0.15) is 0 Å². The molecule has 0 atom stereocenters. The average Bonchev–Trinajstić information content (AvgIpc) is 2.97. The summed E-state index contributed by atoms with van der Waals surface area (Å²) in [5.74, 6) is 0.320. The normalized spacial score (nSPS) is 17.3. The zero-order valence-electron chi connectivity index (χ0n) is 16.6. The van der Waals surface area contributed by atoms with Crippen molar-refractivity contribution in [2.24, 2.45) is 4.99 Å². The molecule has 0 fully saturated rings. The molecular formula is C22H21Br2NO2SeSi. The van der Waals surface area contributed by atoms with Crippen molar-refractivity contribution in [2.45, 2.75) is 38.8 Å². The summed E-state index contributed by atoms with van der Waals surface area (Å²) in [4.78, 5) is 17.3. The Balaban J connectivity index is 2.19. The number of hydrogen-bond acceptors (Lipinski definition) is 3. The fourth-order valence-electron chi connectivity index (χ4n) is 4.91. The van der Waals surface area contributed by atoms with Crippen LogP contribution in [0.2, 0.25) is 11.1 Å². The van der Waals surface area contributed by atoms with E-state index in [-0.39, 0.29) is 20.3 Å². The van der Waals surface area contributed by atoms with Crippen molar-refractivity contribution >= 4 is 76.8 Å². The second-order valence-corrected chi connectivity index (χ2v) is 18.2. The Morgan fingerprint density at radius 1 is 1.10 bits per heavy atom. The van der Waals surface area contributed by atoms with Crippen LogP contribution in [0, 0.1) is 0 Å². The van der Waals surface area contributed by atoms with Gasteiger partial charge in [-0.3, -0.25) is 0 Å². The molecule has 7 heteroatoms. The first-order valence-electron chi connectivity index (χ1n) is 9.52. The summed E-state index contributed by atoms with van der Waals surface area (Å²) in [6.45, 7) is 9.03. The van der Waals surface area contributed by atoms with Gasteiger partial charge in [0.15, 0.2) is 0 Å². The minimum atomic E-state index is -2.44. The molecule has 0 spiro atoms. The standard InChI is InChI=1S/C22H21Br2NO2SeSi/c1-11(2)29(12(3)4)18-9-13(26)5-6-15(18)25-16-7-8-17(27)20(22(16)29)21-14(23)10-19(24)28-21/h5-12,27H,1-4H3.